The van der Waals surface area contributed by atoms with Gasteiger partial charge in [-0.15, -0.1) is 0 Å². The highest BCUT2D eigenvalue weighted by atomic mass is 16.5. The minimum Gasteiger partial charge on any atom is -0.508 e. The molecule has 0 saturated carbocycles. The fraction of sp³-hybridized carbons (Fsp3) is 0.263. The van der Waals surface area contributed by atoms with E-state index < -0.39 is 18.8 Å². The number of benzene rings is 2. The third kappa shape index (κ3) is 4.96. The maximum absolute atomic E-state index is 10.4. The third-order valence-electron chi connectivity index (χ3n) is 3.65. The zero-order valence-corrected chi connectivity index (χ0v) is 13.9. The van der Waals surface area contributed by atoms with Crippen LogP contribution >= 0.6 is 0 Å². The van der Waals surface area contributed by atoms with Crippen molar-refractivity contribution in [3.63, 3.8) is 0 Å². The van der Waals surface area contributed by atoms with E-state index in [1.807, 2.05) is 0 Å². The summed E-state index contributed by atoms with van der Waals surface area (Å²) in [4.78, 5) is 0. The molecule has 4 N–H and O–H groups in total. The summed E-state index contributed by atoms with van der Waals surface area (Å²) in [6.45, 7) is -0.469. The Balaban J connectivity index is 2.20. The lowest BCUT2D eigenvalue weighted by Gasteiger charge is -2.24. The number of ether oxygens (including phenoxy) is 2. The summed E-state index contributed by atoms with van der Waals surface area (Å²) in [5.41, 5.74) is 1.33. The second-order valence-corrected chi connectivity index (χ2v) is 5.37. The van der Waals surface area contributed by atoms with Crippen molar-refractivity contribution in [3.8, 4) is 17.2 Å². The SMILES string of the molecule is COc1cc(C=CCO)ccc1O[C@H](CO)[C@@H](O)c1ccc(O)cc1. The molecular formula is C19H22O6. The highest BCUT2D eigenvalue weighted by molar-refractivity contribution is 5.56. The Hall–Kier alpha value is -2.54. The van der Waals surface area contributed by atoms with Crippen LogP contribution in [-0.2, 0) is 0 Å². The van der Waals surface area contributed by atoms with Crippen LogP contribution in [0.15, 0.2) is 48.5 Å². The van der Waals surface area contributed by atoms with Gasteiger partial charge in [0.15, 0.2) is 17.6 Å². The number of aliphatic hydroxyl groups excluding tert-OH is 3. The Bertz CT molecular complexity index is 696. The van der Waals surface area contributed by atoms with Crippen molar-refractivity contribution in [1.82, 2.24) is 0 Å². The van der Waals surface area contributed by atoms with E-state index in [1.165, 1.54) is 19.2 Å². The molecule has 0 spiro atoms. The molecule has 6 heteroatoms. The molecule has 6 nitrogen and oxygen atoms in total. The van der Waals surface area contributed by atoms with E-state index in [9.17, 15) is 15.3 Å². The topological polar surface area (TPSA) is 99.4 Å². The molecule has 0 aliphatic rings. The average Bonchev–Trinajstić information content (AvgIpc) is 2.64. The predicted octanol–water partition coefficient (Wildman–Crippen LogP) is 1.88. The van der Waals surface area contributed by atoms with Crippen LogP contribution in [0.25, 0.3) is 6.08 Å². The van der Waals surface area contributed by atoms with E-state index in [1.54, 1.807) is 42.5 Å². The van der Waals surface area contributed by atoms with Gasteiger partial charge in [0, 0.05) is 0 Å². The molecular weight excluding hydrogens is 324 g/mol. The van der Waals surface area contributed by atoms with Gasteiger partial charge in [-0.3, -0.25) is 0 Å². The Kier molecular flexibility index (Phi) is 6.82. The number of hydrogen-bond donors (Lipinski definition) is 4. The van der Waals surface area contributed by atoms with Gasteiger partial charge in [0.05, 0.1) is 20.3 Å². The Morgan fingerprint density at radius 3 is 2.36 bits per heavy atom. The van der Waals surface area contributed by atoms with Crippen LogP contribution in [0.4, 0.5) is 0 Å². The van der Waals surface area contributed by atoms with E-state index in [0.717, 1.165) is 5.56 Å². The molecule has 2 aromatic carbocycles. The molecule has 25 heavy (non-hydrogen) atoms. The van der Waals surface area contributed by atoms with Gasteiger partial charge in [0.25, 0.3) is 0 Å². The lowest BCUT2D eigenvalue weighted by molar-refractivity contribution is -0.000423. The molecule has 0 aliphatic heterocycles. The summed E-state index contributed by atoms with van der Waals surface area (Å²) in [6, 6.07) is 11.2. The second-order valence-electron chi connectivity index (χ2n) is 5.37. The van der Waals surface area contributed by atoms with Crippen molar-refractivity contribution < 1.29 is 29.9 Å². The van der Waals surface area contributed by atoms with Crippen LogP contribution in [0.3, 0.4) is 0 Å². The minimum atomic E-state index is -1.08. The van der Waals surface area contributed by atoms with Crippen molar-refractivity contribution in [3.05, 3.63) is 59.7 Å². The van der Waals surface area contributed by atoms with Crippen LogP contribution in [0.1, 0.15) is 17.2 Å². The van der Waals surface area contributed by atoms with E-state index in [-0.39, 0.29) is 12.4 Å². The molecule has 2 atom stereocenters. The first-order valence-electron chi connectivity index (χ1n) is 7.79. The average molecular weight is 346 g/mol. The van der Waals surface area contributed by atoms with Gasteiger partial charge in [-0.2, -0.15) is 0 Å². The number of hydrogen-bond acceptors (Lipinski definition) is 6. The zero-order valence-electron chi connectivity index (χ0n) is 13.9. The van der Waals surface area contributed by atoms with Crippen LogP contribution in [0.2, 0.25) is 0 Å². The fourth-order valence-corrected chi connectivity index (χ4v) is 2.32. The summed E-state index contributed by atoms with van der Waals surface area (Å²) in [6.07, 6.45) is 1.35. The number of phenols is 1. The molecule has 0 bridgehead atoms. The summed E-state index contributed by atoms with van der Waals surface area (Å²) in [7, 11) is 1.49. The normalized spacial score (nSPS) is 13.6. The van der Waals surface area contributed by atoms with Gasteiger partial charge in [-0.05, 0) is 35.4 Å². The Morgan fingerprint density at radius 1 is 1.04 bits per heavy atom. The van der Waals surface area contributed by atoms with E-state index in [2.05, 4.69) is 0 Å². The molecule has 134 valence electrons. The maximum atomic E-state index is 10.4. The lowest BCUT2D eigenvalue weighted by atomic mass is 10.0. The molecule has 0 radical (unpaired) electrons. The van der Waals surface area contributed by atoms with Crippen LogP contribution in [0.5, 0.6) is 17.2 Å². The van der Waals surface area contributed by atoms with Crippen molar-refractivity contribution >= 4 is 6.08 Å². The maximum Gasteiger partial charge on any atom is 0.161 e. The van der Waals surface area contributed by atoms with Gasteiger partial charge >= 0.3 is 0 Å². The summed E-state index contributed by atoms with van der Waals surface area (Å²) >= 11 is 0. The molecule has 2 aromatic rings. The first kappa shape index (κ1) is 18.8. The van der Waals surface area contributed by atoms with Gasteiger partial charge < -0.3 is 29.9 Å². The molecule has 0 saturated heterocycles. The zero-order chi connectivity index (χ0) is 18.2. The van der Waals surface area contributed by atoms with E-state index in [4.69, 9.17) is 14.6 Å². The number of methoxy groups -OCH3 is 1. The van der Waals surface area contributed by atoms with Gasteiger partial charge in [-0.25, -0.2) is 0 Å². The standard InChI is InChI=1S/C19H22O6/c1-24-17-11-13(3-2-10-20)4-9-16(17)25-18(12-21)19(23)14-5-7-15(22)8-6-14/h2-9,11,18-23H,10,12H2,1H3/t18-,19+/m1/s1. The summed E-state index contributed by atoms with van der Waals surface area (Å²) < 4.78 is 11.0. The van der Waals surface area contributed by atoms with Crippen molar-refractivity contribution in [2.75, 3.05) is 20.3 Å². The van der Waals surface area contributed by atoms with E-state index in [0.29, 0.717) is 17.1 Å². The first-order chi connectivity index (χ1) is 12.1. The van der Waals surface area contributed by atoms with Crippen LogP contribution < -0.4 is 9.47 Å². The van der Waals surface area contributed by atoms with Crippen molar-refractivity contribution in [2.24, 2.45) is 0 Å². The summed E-state index contributed by atoms with van der Waals surface area (Å²) in [5.74, 6) is 0.905. The fourth-order valence-electron chi connectivity index (χ4n) is 2.32. The molecule has 2 rings (SSSR count). The predicted molar refractivity (Wildman–Crippen MR) is 93.7 cm³/mol. The Morgan fingerprint density at radius 2 is 1.76 bits per heavy atom. The Labute approximate surface area is 146 Å². The van der Waals surface area contributed by atoms with Gasteiger partial charge in [0.2, 0.25) is 0 Å². The molecule has 0 heterocycles. The molecule has 0 fully saturated rings. The summed E-state index contributed by atoms with van der Waals surface area (Å²) in [5, 5.41) is 38.2. The largest absolute Gasteiger partial charge is 0.508 e. The number of aromatic hydroxyl groups is 1. The molecule has 0 aliphatic carbocycles. The quantitative estimate of drug-likeness (QED) is 0.582. The van der Waals surface area contributed by atoms with Crippen LogP contribution in [0, 0.1) is 0 Å². The smallest absolute Gasteiger partial charge is 0.161 e. The first-order valence-corrected chi connectivity index (χ1v) is 7.79. The number of aliphatic hydroxyl groups is 3. The molecule has 0 aromatic heterocycles. The van der Waals surface area contributed by atoms with E-state index >= 15 is 0 Å². The highest BCUT2D eigenvalue weighted by Crippen LogP contribution is 2.32. The lowest BCUT2D eigenvalue weighted by Crippen LogP contribution is -2.29. The molecule has 0 unspecified atom stereocenters. The number of phenolic OH excluding ortho intramolecular Hbond substituents is 1. The van der Waals surface area contributed by atoms with Gasteiger partial charge in [0.1, 0.15) is 11.9 Å². The number of rotatable bonds is 8. The van der Waals surface area contributed by atoms with Crippen molar-refractivity contribution in [1.29, 1.82) is 0 Å². The minimum absolute atomic E-state index is 0.0635. The molecule has 0 amide bonds. The van der Waals surface area contributed by atoms with Gasteiger partial charge in [-0.1, -0.05) is 30.4 Å². The highest BCUT2D eigenvalue weighted by Gasteiger charge is 2.23. The van der Waals surface area contributed by atoms with Crippen LogP contribution in [-0.4, -0.2) is 46.9 Å². The third-order valence-corrected chi connectivity index (χ3v) is 3.65. The second kappa shape index (κ2) is 9.08. The van der Waals surface area contributed by atoms with Crippen molar-refractivity contribution in [2.45, 2.75) is 12.2 Å². The monoisotopic (exact) mass is 346 g/mol.